The van der Waals surface area contributed by atoms with Crippen LogP contribution in [0, 0.1) is 0 Å². The van der Waals surface area contributed by atoms with Crippen LogP contribution in [0.25, 0.3) is 0 Å². The number of carbonyl (C=O) groups excluding carboxylic acids is 2. The van der Waals surface area contributed by atoms with Gasteiger partial charge in [0.1, 0.15) is 5.69 Å². The quantitative estimate of drug-likeness (QED) is 0.609. The van der Waals surface area contributed by atoms with Crippen LogP contribution in [-0.4, -0.2) is 29.9 Å². The summed E-state index contributed by atoms with van der Waals surface area (Å²) in [7, 11) is 0. The molecule has 1 heterocycles. The van der Waals surface area contributed by atoms with Crippen molar-refractivity contribution >= 4 is 23.3 Å². The van der Waals surface area contributed by atoms with Crippen molar-refractivity contribution in [3.63, 3.8) is 0 Å². The number of nitrogens with two attached hydrogens (primary N) is 3. The molecule has 0 unspecified atom stereocenters. The Labute approximate surface area is 98.6 Å². The summed E-state index contributed by atoms with van der Waals surface area (Å²) >= 11 is 0. The second-order valence-electron chi connectivity index (χ2n) is 3.45. The molecule has 0 aliphatic rings. The molecule has 0 aliphatic heterocycles. The second kappa shape index (κ2) is 5.15. The van der Waals surface area contributed by atoms with Gasteiger partial charge in [-0.05, 0) is 19.1 Å². The van der Waals surface area contributed by atoms with Gasteiger partial charge in [-0.15, -0.1) is 0 Å². The van der Waals surface area contributed by atoms with Gasteiger partial charge in [0.15, 0.2) is 5.82 Å². The third-order valence-corrected chi connectivity index (χ3v) is 2.19. The number of carbonyl (C=O) groups is 2. The number of hydrogen-bond donors (Lipinski definition) is 3. The fourth-order valence-electron chi connectivity index (χ4n) is 1.37. The van der Waals surface area contributed by atoms with Crippen LogP contribution in [0.15, 0.2) is 12.1 Å². The van der Waals surface area contributed by atoms with Gasteiger partial charge in [-0.2, -0.15) is 0 Å². The van der Waals surface area contributed by atoms with Gasteiger partial charge in [0, 0.05) is 6.54 Å². The topological polar surface area (TPSA) is 128 Å². The SMILES string of the molecule is CCN(CC(N)=O)c1nc(C(N)=O)ccc1N. The minimum Gasteiger partial charge on any atom is -0.396 e. The lowest BCUT2D eigenvalue weighted by molar-refractivity contribution is -0.116. The molecule has 0 aromatic carbocycles. The Kier molecular flexibility index (Phi) is 3.86. The Morgan fingerprint density at radius 1 is 1.35 bits per heavy atom. The summed E-state index contributed by atoms with van der Waals surface area (Å²) in [5, 5.41) is 0. The van der Waals surface area contributed by atoms with Crippen LogP contribution in [0.2, 0.25) is 0 Å². The minimum atomic E-state index is -0.652. The van der Waals surface area contributed by atoms with Crippen molar-refractivity contribution in [1.82, 2.24) is 4.98 Å². The fraction of sp³-hybridized carbons (Fsp3) is 0.300. The molecule has 1 aromatic heterocycles. The summed E-state index contributed by atoms with van der Waals surface area (Å²) in [5.41, 5.74) is 16.4. The van der Waals surface area contributed by atoms with E-state index in [9.17, 15) is 9.59 Å². The molecule has 7 heteroatoms. The normalized spacial score (nSPS) is 9.94. The van der Waals surface area contributed by atoms with Crippen molar-refractivity contribution in [2.45, 2.75) is 6.92 Å². The first-order valence-electron chi connectivity index (χ1n) is 5.05. The molecule has 0 saturated carbocycles. The number of anilines is 2. The molecule has 0 atom stereocenters. The van der Waals surface area contributed by atoms with E-state index in [0.717, 1.165) is 0 Å². The maximum atomic E-state index is 11.0. The molecule has 0 fully saturated rings. The fourth-order valence-corrected chi connectivity index (χ4v) is 1.37. The zero-order chi connectivity index (χ0) is 13.0. The number of hydrogen-bond acceptors (Lipinski definition) is 5. The van der Waals surface area contributed by atoms with E-state index in [1.165, 1.54) is 12.1 Å². The van der Waals surface area contributed by atoms with Gasteiger partial charge in [-0.25, -0.2) is 4.98 Å². The highest BCUT2D eigenvalue weighted by atomic mass is 16.1. The predicted molar refractivity (Wildman–Crippen MR) is 64.2 cm³/mol. The Hall–Kier alpha value is -2.31. The maximum absolute atomic E-state index is 11.0. The zero-order valence-electron chi connectivity index (χ0n) is 9.51. The highest BCUT2D eigenvalue weighted by Crippen LogP contribution is 2.20. The number of pyridine rings is 1. The summed E-state index contributed by atoms with van der Waals surface area (Å²) in [4.78, 5) is 27.5. The Morgan fingerprint density at radius 3 is 2.47 bits per heavy atom. The van der Waals surface area contributed by atoms with Crippen molar-refractivity contribution in [3.8, 4) is 0 Å². The van der Waals surface area contributed by atoms with Crippen LogP contribution in [0.4, 0.5) is 11.5 Å². The molecular formula is C10H15N5O2. The first-order chi connectivity index (χ1) is 7.95. The zero-order valence-corrected chi connectivity index (χ0v) is 9.51. The Balaban J connectivity index is 3.12. The van der Waals surface area contributed by atoms with Crippen molar-refractivity contribution in [1.29, 1.82) is 0 Å². The van der Waals surface area contributed by atoms with E-state index < -0.39 is 11.8 Å². The van der Waals surface area contributed by atoms with Crippen LogP contribution in [-0.2, 0) is 4.79 Å². The first kappa shape index (κ1) is 12.8. The summed E-state index contributed by atoms with van der Waals surface area (Å²) in [6, 6.07) is 2.95. The summed E-state index contributed by atoms with van der Waals surface area (Å²) < 4.78 is 0. The number of aromatic nitrogens is 1. The lowest BCUT2D eigenvalue weighted by Crippen LogP contribution is -2.35. The Morgan fingerprint density at radius 2 is 2.00 bits per heavy atom. The number of rotatable bonds is 5. The summed E-state index contributed by atoms with van der Waals surface area (Å²) in [5.74, 6) is -0.818. The van der Waals surface area contributed by atoms with Gasteiger partial charge in [-0.3, -0.25) is 9.59 Å². The lowest BCUT2D eigenvalue weighted by Gasteiger charge is -2.21. The van der Waals surface area contributed by atoms with E-state index in [-0.39, 0.29) is 12.2 Å². The molecular weight excluding hydrogens is 222 g/mol. The van der Waals surface area contributed by atoms with Crippen molar-refractivity contribution in [2.75, 3.05) is 23.7 Å². The molecule has 0 saturated heterocycles. The number of nitrogen functional groups attached to an aromatic ring is 1. The summed E-state index contributed by atoms with van der Waals surface area (Å²) in [6.07, 6.45) is 0. The van der Waals surface area contributed by atoms with Crippen molar-refractivity contribution in [2.24, 2.45) is 11.5 Å². The van der Waals surface area contributed by atoms with Gasteiger partial charge >= 0.3 is 0 Å². The van der Waals surface area contributed by atoms with Gasteiger partial charge in [0.05, 0.1) is 12.2 Å². The van der Waals surface area contributed by atoms with Crippen LogP contribution in [0.5, 0.6) is 0 Å². The van der Waals surface area contributed by atoms with E-state index in [4.69, 9.17) is 17.2 Å². The first-order valence-corrected chi connectivity index (χ1v) is 5.05. The molecule has 1 aromatic rings. The third-order valence-electron chi connectivity index (χ3n) is 2.19. The van der Waals surface area contributed by atoms with Gasteiger partial charge in [0.2, 0.25) is 5.91 Å². The predicted octanol–water partition coefficient (Wildman–Crippen LogP) is -0.926. The molecule has 0 bridgehead atoms. The van der Waals surface area contributed by atoms with Gasteiger partial charge in [0.25, 0.3) is 5.91 Å². The molecule has 0 spiro atoms. The smallest absolute Gasteiger partial charge is 0.267 e. The highest BCUT2D eigenvalue weighted by Gasteiger charge is 2.14. The van der Waals surface area contributed by atoms with Gasteiger partial charge < -0.3 is 22.1 Å². The van der Waals surface area contributed by atoms with Crippen molar-refractivity contribution < 1.29 is 9.59 Å². The van der Waals surface area contributed by atoms with E-state index in [0.29, 0.717) is 18.1 Å². The average molecular weight is 237 g/mol. The van der Waals surface area contributed by atoms with E-state index in [2.05, 4.69) is 4.98 Å². The lowest BCUT2D eigenvalue weighted by atomic mass is 10.3. The standard InChI is InChI=1S/C10H15N5O2/c1-2-15(5-8(12)16)10-6(11)3-4-7(14-10)9(13)17/h3-4H,2,5,11H2,1H3,(H2,12,16)(H2,13,17). The van der Waals surface area contributed by atoms with Crippen LogP contribution < -0.4 is 22.1 Å². The minimum absolute atomic E-state index is 0.0179. The monoisotopic (exact) mass is 237 g/mol. The molecule has 92 valence electrons. The molecule has 6 N–H and O–H groups in total. The average Bonchev–Trinajstić information content (AvgIpc) is 2.26. The number of primary amides is 2. The third kappa shape index (κ3) is 3.07. The molecule has 2 amide bonds. The number of nitrogens with zero attached hydrogens (tertiary/aromatic N) is 2. The van der Waals surface area contributed by atoms with Crippen LogP contribution in [0.3, 0.4) is 0 Å². The number of likely N-dealkylation sites (N-methyl/N-ethyl adjacent to an activating group) is 1. The highest BCUT2D eigenvalue weighted by molar-refractivity contribution is 5.92. The molecule has 0 aliphatic carbocycles. The van der Waals surface area contributed by atoms with Crippen LogP contribution >= 0.6 is 0 Å². The number of amides is 2. The largest absolute Gasteiger partial charge is 0.396 e. The van der Waals surface area contributed by atoms with Crippen LogP contribution in [0.1, 0.15) is 17.4 Å². The van der Waals surface area contributed by atoms with Gasteiger partial charge in [-0.1, -0.05) is 0 Å². The molecule has 0 radical (unpaired) electrons. The van der Waals surface area contributed by atoms with Crippen molar-refractivity contribution in [3.05, 3.63) is 17.8 Å². The molecule has 7 nitrogen and oxygen atoms in total. The summed E-state index contributed by atoms with van der Waals surface area (Å²) in [6.45, 7) is 2.29. The Bertz CT molecular complexity index is 446. The molecule has 1 rings (SSSR count). The van der Waals surface area contributed by atoms with E-state index in [1.807, 2.05) is 6.92 Å². The van der Waals surface area contributed by atoms with E-state index in [1.54, 1.807) is 4.90 Å². The maximum Gasteiger partial charge on any atom is 0.267 e. The molecule has 17 heavy (non-hydrogen) atoms. The second-order valence-corrected chi connectivity index (χ2v) is 3.45. The van der Waals surface area contributed by atoms with E-state index >= 15 is 0 Å².